The van der Waals surface area contributed by atoms with Crippen molar-refractivity contribution >= 4 is 33.2 Å². The normalized spacial score (nSPS) is 12.4. The molecule has 0 unspecified atom stereocenters. The van der Waals surface area contributed by atoms with Gasteiger partial charge in [0.15, 0.2) is 10.4 Å². The molecule has 0 radical (unpaired) electrons. The molecule has 0 aliphatic carbocycles. The van der Waals surface area contributed by atoms with Crippen LogP contribution < -0.4 is 0 Å². The van der Waals surface area contributed by atoms with E-state index in [0.717, 1.165) is 23.3 Å². The van der Waals surface area contributed by atoms with E-state index in [-0.39, 0.29) is 5.75 Å². The van der Waals surface area contributed by atoms with Crippen LogP contribution in [-0.2, 0) is 29.9 Å². The number of hydrogen-bond acceptors (Lipinski definition) is 4. The molecule has 8 heteroatoms. The molecule has 0 atom stereocenters. The first kappa shape index (κ1) is 13.3. The molecule has 0 spiro atoms. The first-order valence-electron chi connectivity index (χ1n) is 5.65. The van der Waals surface area contributed by atoms with Crippen molar-refractivity contribution in [3.63, 3.8) is 0 Å². The fourth-order valence-electron chi connectivity index (χ4n) is 1.99. The molecule has 2 aromatic heterocycles. The number of aromatic nitrogens is 4. The van der Waals surface area contributed by atoms with Gasteiger partial charge in [-0.15, -0.1) is 0 Å². The van der Waals surface area contributed by atoms with Crippen LogP contribution >= 0.6 is 12.2 Å². The summed E-state index contributed by atoms with van der Waals surface area (Å²) in [6.07, 6.45) is 2.03. The van der Waals surface area contributed by atoms with E-state index in [4.69, 9.17) is 12.2 Å². The van der Waals surface area contributed by atoms with Gasteiger partial charge in [0.25, 0.3) is 0 Å². The summed E-state index contributed by atoms with van der Waals surface area (Å²) in [5, 5.41) is 4.38. The van der Waals surface area contributed by atoms with Gasteiger partial charge in [-0.3, -0.25) is 4.68 Å². The van der Waals surface area contributed by atoms with Crippen molar-refractivity contribution in [1.29, 1.82) is 0 Å². The highest BCUT2D eigenvalue weighted by atomic mass is 32.2. The highest BCUT2D eigenvalue weighted by Gasteiger charge is 2.15. The molecule has 2 aromatic rings. The maximum Gasteiger partial charge on any atom is 0.179 e. The lowest BCUT2D eigenvalue weighted by Gasteiger charge is -2.03. The van der Waals surface area contributed by atoms with Crippen LogP contribution in [0.5, 0.6) is 0 Å². The number of nitrogens with zero attached hydrogens (tertiary/aromatic N) is 3. The van der Waals surface area contributed by atoms with Gasteiger partial charge < -0.3 is 9.55 Å². The molecule has 18 heavy (non-hydrogen) atoms. The Morgan fingerprint density at radius 2 is 2.11 bits per heavy atom. The van der Waals surface area contributed by atoms with Crippen molar-refractivity contribution in [3.8, 4) is 0 Å². The molecule has 2 heterocycles. The van der Waals surface area contributed by atoms with Crippen molar-refractivity contribution < 1.29 is 8.42 Å². The largest absolute Gasteiger partial charge is 0.328 e. The third-order valence-electron chi connectivity index (χ3n) is 2.84. The maximum absolute atomic E-state index is 11.2. The number of imidazole rings is 1. The van der Waals surface area contributed by atoms with Crippen LogP contribution in [0.2, 0.25) is 0 Å². The minimum absolute atomic E-state index is 0.0703. The predicted octanol–water partition coefficient (Wildman–Crippen LogP) is 1.04. The summed E-state index contributed by atoms with van der Waals surface area (Å²) in [5.74, 6) is 0.0703. The zero-order valence-corrected chi connectivity index (χ0v) is 12.2. The van der Waals surface area contributed by atoms with Crippen molar-refractivity contribution in [2.75, 3.05) is 12.0 Å². The van der Waals surface area contributed by atoms with Crippen LogP contribution in [0.3, 0.4) is 0 Å². The Morgan fingerprint density at radius 3 is 2.67 bits per heavy atom. The number of rotatable bonds is 4. The fraction of sp³-hybridized carbons (Fsp3) is 0.600. The quantitative estimate of drug-likeness (QED) is 0.853. The molecule has 0 aliphatic heterocycles. The Balaban J connectivity index is 2.54. The molecule has 0 saturated heterocycles. The number of hydrogen-bond donors (Lipinski definition) is 1. The lowest BCUT2D eigenvalue weighted by Crippen LogP contribution is -2.12. The van der Waals surface area contributed by atoms with Gasteiger partial charge in [-0.2, -0.15) is 5.10 Å². The number of fused-ring (bicyclic) bond motifs is 1. The Kier molecular flexibility index (Phi) is 3.33. The number of aryl methyl sites for hydroxylation is 3. The first-order chi connectivity index (χ1) is 8.33. The lowest BCUT2D eigenvalue weighted by molar-refractivity contribution is 0.593. The topological polar surface area (TPSA) is 72.7 Å². The van der Waals surface area contributed by atoms with Crippen LogP contribution in [0.4, 0.5) is 0 Å². The summed E-state index contributed by atoms with van der Waals surface area (Å²) in [7, 11) is -1.17. The van der Waals surface area contributed by atoms with Gasteiger partial charge in [0.05, 0.1) is 11.4 Å². The second kappa shape index (κ2) is 4.51. The SMILES string of the molecule is CCc1nn(C)c2c1[nH]c(=S)n2CCS(C)(=O)=O. The smallest absolute Gasteiger partial charge is 0.179 e. The molecular formula is C10H16N4O2S2. The van der Waals surface area contributed by atoms with Gasteiger partial charge in [-0.25, -0.2) is 8.42 Å². The van der Waals surface area contributed by atoms with Gasteiger partial charge >= 0.3 is 0 Å². The van der Waals surface area contributed by atoms with Gasteiger partial charge in [0.2, 0.25) is 0 Å². The van der Waals surface area contributed by atoms with Crippen LogP contribution in [0.15, 0.2) is 0 Å². The molecule has 0 bridgehead atoms. The molecule has 0 aromatic carbocycles. The number of nitrogens with one attached hydrogen (secondary N) is 1. The Bertz CT molecular complexity index is 736. The molecule has 1 N–H and O–H groups in total. The van der Waals surface area contributed by atoms with Crippen LogP contribution in [0.25, 0.3) is 11.2 Å². The minimum Gasteiger partial charge on any atom is -0.328 e. The highest BCUT2D eigenvalue weighted by Crippen LogP contribution is 2.18. The van der Waals surface area contributed by atoms with E-state index in [9.17, 15) is 8.42 Å². The van der Waals surface area contributed by atoms with E-state index in [2.05, 4.69) is 10.1 Å². The van der Waals surface area contributed by atoms with E-state index in [1.54, 1.807) is 9.25 Å². The van der Waals surface area contributed by atoms with Crippen LogP contribution in [-0.4, -0.2) is 39.8 Å². The van der Waals surface area contributed by atoms with E-state index in [0.29, 0.717) is 11.3 Å². The second-order valence-electron chi connectivity index (χ2n) is 4.33. The zero-order valence-electron chi connectivity index (χ0n) is 10.6. The molecule has 0 aliphatic rings. The Morgan fingerprint density at radius 1 is 1.44 bits per heavy atom. The molecule has 0 fully saturated rings. The Hall–Kier alpha value is -1.15. The molecule has 0 amide bonds. The summed E-state index contributed by atoms with van der Waals surface area (Å²) in [4.78, 5) is 3.10. The van der Waals surface area contributed by atoms with Gasteiger partial charge in [0.1, 0.15) is 15.4 Å². The third kappa shape index (κ3) is 2.35. The van der Waals surface area contributed by atoms with E-state index < -0.39 is 9.84 Å². The van der Waals surface area contributed by atoms with Crippen molar-refractivity contribution in [3.05, 3.63) is 10.5 Å². The second-order valence-corrected chi connectivity index (χ2v) is 6.98. The summed E-state index contributed by atoms with van der Waals surface area (Å²) < 4.78 is 26.5. The summed E-state index contributed by atoms with van der Waals surface area (Å²) in [6, 6.07) is 0. The van der Waals surface area contributed by atoms with Crippen molar-refractivity contribution in [2.45, 2.75) is 19.9 Å². The van der Waals surface area contributed by atoms with Gasteiger partial charge in [0, 0.05) is 19.8 Å². The lowest BCUT2D eigenvalue weighted by atomic mass is 10.3. The van der Waals surface area contributed by atoms with E-state index in [1.165, 1.54) is 6.26 Å². The number of H-pyrrole nitrogens is 1. The van der Waals surface area contributed by atoms with E-state index in [1.807, 2.05) is 14.0 Å². The summed E-state index contributed by atoms with van der Waals surface area (Å²) in [6.45, 7) is 2.37. The third-order valence-corrected chi connectivity index (χ3v) is 4.09. The number of sulfone groups is 1. The maximum atomic E-state index is 11.2. The molecule has 0 saturated carbocycles. The molecule has 2 rings (SSSR count). The molecular weight excluding hydrogens is 272 g/mol. The average Bonchev–Trinajstić information content (AvgIpc) is 2.72. The summed E-state index contributed by atoms with van der Waals surface area (Å²) in [5.41, 5.74) is 2.69. The highest BCUT2D eigenvalue weighted by molar-refractivity contribution is 7.90. The van der Waals surface area contributed by atoms with E-state index >= 15 is 0 Å². The van der Waals surface area contributed by atoms with Crippen LogP contribution in [0.1, 0.15) is 12.6 Å². The predicted molar refractivity (Wildman–Crippen MR) is 73.0 cm³/mol. The van der Waals surface area contributed by atoms with Gasteiger partial charge in [-0.1, -0.05) is 6.92 Å². The fourth-order valence-corrected chi connectivity index (χ4v) is 2.78. The molecule has 6 nitrogen and oxygen atoms in total. The number of aromatic amines is 1. The van der Waals surface area contributed by atoms with Crippen molar-refractivity contribution in [1.82, 2.24) is 19.3 Å². The first-order valence-corrected chi connectivity index (χ1v) is 8.12. The minimum atomic E-state index is -3.01. The Labute approximate surface area is 111 Å². The standard InChI is InChI=1S/C10H16N4O2S2/c1-4-7-8-9(13(2)12-7)14(10(17)11-8)5-6-18(3,15)16/h4-6H2,1-3H3,(H,11,17). The van der Waals surface area contributed by atoms with Crippen LogP contribution in [0, 0.1) is 4.77 Å². The monoisotopic (exact) mass is 288 g/mol. The molecule has 100 valence electrons. The average molecular weight is 288 g/mol. The van der Waals surface area contributed by atoms with Gasteiger partial charge in [-0.05, 0) is 18.6 Å². The zero-order chi connectivity index (χ0) is 13.5. The summed E-state index contributed by atoms with van der Waals surface area (Å²) >= 11 is 5.23. The van der Waals surface area contributed by atoms with Crippen molar-refractivity contribution in [2.24, 2.45) is 7.05 Å².